The molecule has 6 nitrogen and oxygen atoms in total. The molecule has 1 amide bonds. The van der Waals surface area contributed by atoms with Gasteiger partial charge in [-0.25, -0.2) is 5.43 Å². The Kier molecular flexibility index (Phi) is 6.31. The summed E-state index contributed by atoms with van der Waals surface area (Å²) in [6.07, 6.45) is 5.37. The third kappa shape index (κ3) is 5.21. The Labute approximate surface area is 172 Å². The molecule has 0 bridgehead atoms. The van der Waals surface area contributed by atoms with Crippen LogP contribution in [0.1, 0.15) is 5.56 Å². The molecular weight excluding hydrogens is 478 g/mol. The molecule has 0 unspecified atom stereocenters. The highest BCUT2D eigenvalue weighted by atomic mass is 79.9. The minimum Gasteiger partial charge on any atom is -0.506 e. The molecular formula is C19H15Br2N3O3. The van der Waals surface area contributed by atoms with E-state index in [1.54, 1.807) is 24.3 Å². The number of aromatic hydroxyl groups is 1. The van der Waals surface area contributed by atoms with E-state index in [1.807, 2.05) is 41.2 Å². The van der Waals surface area contributed by atoms with Crippen molar-refractivity contribution in [2.75, 3.05) is 6.61 Å². The SMILES string of the molecule is O=C(COc1ccc(-n2cccc2)cc1)N/N=C/c1cc(Br)c(O)c(Br)c1. The molecule has 0 spiro atoms. The molecule has 0 aliphatic rings. The van der Waals surface area contributed by atoms with Gasteiger partial charge < -0.3 is 14.4 Å². The van der Waals surface area contributed by atoms with Gasteiger partial charge in [-0.15, -0.1) is 0 Å². The smallest absolute Gasteiger partial charge is 0.277 e. The average molecular weight is 493 g/mol. The molecule has 3 rings (SSSR count). The van der Waals surface area contributed by atoms with Crippen molar-refractivity contribution in [2.24, 2.45) is 5.10 Å². The van der Waals surface area contributed by atoms with Crippen LogP contribution in [0.15, 0.2) is 75.0 Å². The van der Waals surface area contributed by atoms with Gasteiger partial charge in [0, 0.05) is 18.1 Å². The van der Waals surface area contributed by atoms with Gasteiger partial charge in [-0.3, -0.25) is 4.79 Å². The second kappa shape index (κ2) is 8.88. The molecule has 1 heterocycles. The van der Waals surface area contributed by atoms with Gasteiger partial charge in [0.2, 0.25) is 0 Å². The number of benzene rings is 2. The fourth-order valence-electron chi connectivity index (χ4n) is 2.24. The highest BCUT2D eigenvalue weighted by molar-refractivity contribution is 9.11. The van der Waals surface area contributed by atoms with Crippen LogP contribution in [0, 0.1) is 0 Å². The lowest BCUT2D eigenvalue weighted by Crippen LogP contribution is -2.24. The number of amides is 1. The summed E-state index contributed by atoms with van der Waals surface area (Å²) in [6, 6.07) is 14.7. The maximum atomic E-state index is 11.8. The first-order valence-electron chi connectivity index (χ1n) is 7.89. The zero-order valence-corrected chi connectivity index (χ0v) is 17.1. The summed E-state index contributed by atoms with van der Waals surface area (Å²) in [4.78, 5) is 11.8. The van der Waals surface area contributed by atoms with E-state index in [1.165, 1.54) is 6.21 Å². The first-order valence-corrected chi connectivity index (χ1v) is 9.47. The number of hydrogen-bond donors (Lipinski definition) is 2. The normalized spacial score (nSPS) is 10.9. The number of nitrogens with zero attached hydrogens (tertiary/aromatic N) is 2. The van der Waals surface area contributed by atoms with Crippen LogP contribution in [0.25, 0.3) is 5.69 Å². The first-order chi connectivity index (χ1) is 13.0. The Morgan fingerprint density at radius 1 is 1.15 bits per heavy atom. The van der Waals surface area contributed by atoms with E-state index < -0.39 is 0 Å². The van der Waals surface area contributed by atoms with E-state index in [9.17, 15) is 9.90 Å². The number of ether oxygens (including phenoxy) is 1. The van der Waals surface area contributed by atoms with Gasteiger partial charge in [-0.05, 0) is 86.0 Å². The predicted molar refractivity (Wildman–Crippen MR) is 111 cm³/mol. The second-order valence-electron chi connectivity index (χ2n) is 5.50. The molecule has 0 fully saturated rings. The van der Waals surface area contributed by atoms with Crippen molar-refractivity contribution in [3.05, 3.63) is 75.4 Å². The molecule has 0 radical (unpaired) electrons. The number of phenols is 1. The highest BCUT2D eigenvalue weighted by Gasteiger charge is 2.05. The van der Waals surface area contributed by atoms with Crippen molar-refractivity contribution in [2.45, 2.75) is 0 Å². The van der Waals surface area contributed by atoms with Gasteiger partial charge >= 0.3 is 0 Å². The minimum atomic E-state index is -0.377. The van der Waals surface area contributed by atoms with Crippen molar-refractivity contribution < 1.29 is 14.6 Å². The second-order valence-corrected chi connectivity index (χ2v) is 7.21. The topological polar surface area (TPSA) is 75.8 Å². The number of rotatable bonds is 6. The Morgan fingerprint density at radius 3 is 2.41 bits per heavy atom. The number of hydrogen-bond acceptors (Lipinski definition) is 4. The van der Waals surface area contributed by atoms with E-state index in [-0.39, 0.29) is 18.3 Å². The van der Waals surface area contributed by atoms with Gasteiger partial charge in [-0.1, -0.05) is 0 Å². The van der Waals surface area contributed by atoms with Crippen LogP contribution in [0.4, 0.5) is 0 Å². The largest absolute Gasteiger partial charge is 0.506 e. The summed E-state index contributed by atoms with van der Waals surface area (Å²) in [5, 5.41) is 13.5. The zero-order valence-electron chi connectivity index (χ0n) is 14.0. The standard InChI is InChI=1S/C19H15Br2N3O3/c20-16-9-13(10-17(21)19(16)26)11-22-23-18(25)12-27-15-5-3-14(4-6-15)24-7-1-2-8-24/h1-11,26H,12H2,(H,23,25)/b22-11+. The van der Waals surface area contributed by atoms with Gasteiger partial charge in [0.1, 0.15) is 11.5 Å². The summed E-state index contributed by atoms with van der Waals surface area (Å²) in [7, 11) is 0. The number of hydrazone groups is 1. The van der Waals surface area contributed by atoms with Gasteiger partial charge in [0.15, 0.2) is 6.61 Å². The number of phenolic OH excluding ortho intramolecular Hbond substituents is 1. The molecule has 0 aliphatic heterocycles. The molecule has 3 aromatic rings. The molecule has 0 saturated heterocycles. The van der Waals surface area contributed by atoms with Gasteiger partial charge in [-0.2, -0.15) is 5.10 Å². The molecule has 2 aromatic carbocycles. The molecule has 138 valence electrons. The zero-order chi connectivity index (χ0) is 19.2. The van der Waals surface area contributed by atoms with E-state index in [2.05, 4.69) is 42.4 Å². The van der Waals surface area contributed by atoms with Crippen LogP contribution in [0.2, 0.25) is 0 Å². The van der Waals surface area contributed by atoms with Crippen molar-refractivity contribution in [3.63, 3.8) is 0 Å². The third-order valence-electron chi connectivity index (χ3n) is 3.55. The van der Waals surface area contributed by atoms with Crippen LogP contribution in [-0.4, -0.2) is 28.4 Å². The quantitative estimate of drug-likeness (QED) is 0.399. The molecule has 8 heteroatoms. The number of nitrogens with one attached hydrogen (secondary N) is 1. The minimum absolute atomic E-state index is 0.104. The fourth-order valence-corrected chi connectivity index (χ4v) is 3.46. The Morgan fingerprint density at radius 2 is 1.78 bits per heavy atom. The lowest BCUT2D eigenvalue weighted by Gasteiger charge is -2.07. The molecule has 1 aromatic heterocycles. The molecule has 0 atom stereocenters. The number of carbonyl (C=O) groups excluding carboxylic acids is 1. The number of carbonyl (C=O) groups is 1. The van der Waals surface area contributed by atoms with Gasteiger partial charge in [0.25, 0.3) is 5.91 Å². The summed E-state index contributed by atoms with van der Waals surface area (Å²) in [5.41, 5.74) is 4.11. The van der Waals surface area contributed by atoms with Crippen molar-refractivity contribution in [1.82, 2.24) is 9.99 Å². The average Bonchev–Trinajstić information content (AvgIpc) is 3.19. The number of aromatic nitrogens is 1. The van der Waals surface area contributed by atoms with Crippen LogP contribution >= 0.6 is 31.9 Å². The third-order valence-corrected chi connectivity index (χ3v) is 4.76. The molecule has 0 aliphatic carbocycles. The maximum absolute atomic E-state index is 11.8. The summed E-state index contributed by atoms with van der Waals surface area (Å²) >= 11 is 6.47. The molecule has 2 N–H and O–H groups in total. The monoisotopic (exact) mass is 491 g/mol. The maximum Gasteiger partial charge on any atom is 0.277 e. The Hall–Kier alpha value is -2.58. The Bertz CT molecular complexity index is 932. The highest BCUT2D eigenvalue weighted by Crippen LogP contribution is 2.32. The predicted octanol–water partition coefficient (Wildman–Crippen LogP) is 4.24. The van der Waals surface area contributed by atoms with E-state index in [0.29, 0.717) is 20.3 Å². The lowest BCUT2D eigenvalue weighted by molar-refractivity contribution is -0.123. The van der Waals surface area contributed by atoms with Crippen molar-refractivity contribution >= 4 is 44.0 Å². The van der Waals surface area contributed by atoms with E-state index in [0.717, 1.165) is 5.69 Å². The molecule has 27 heavy (non-hydrogen) atoms. The van der Waals surface area contributed by atoms with Crippen molar-refractivity contribution in [3.8, 4) is 17.2 Å². The van der Waals surface area contributed by atoms with Crippen LogP contribution in [0.5, 0.6) is 11.5 Å². The van der Waals surface area contributed by atoms with E-state index >= 15 is 0 Å². The van der Waals surface area contributed by atoms with Crippen LogP contribution < -0.4 is 10.2 Å². The summed E-state index contributed by atoms with van der Waals surface area (Å²) in [6.45, 7) is -0.150. The van der Waals surface area contributed by atoms with E-state index in [4.69, 9.17) is 4.74 Å². The first kappa shape index (κ1) is 19.2. The van der Waals surface area contributed by atoms with Crippen LogP contribution in [0.3, 0.4) is 0 Å². The summed E-state index contributed by atoms with van der Waals surface area (Å²) in [5.74, 6) is 0.321. The fraction of sp³-hybridized carbons (Fsp3) is 0.0526. The number of halogens is 2. The summed E-state index contributed by atoms with van der Waals surface area (Å²) < 4.78 is 8.48. The van der Waals surface area contributed by atoms with Gasteiger partial charge in [0.05, 0.1) is 15.2 Å². The Balaban J connectivity index is 1.50. The molecule has 0 saturated carbocycles. The van der Waals surface area contributed by atoms with Crippen molar-refractivity contribution in [1.29, 1.82) is 0 Å². The van der Waals surface area contributed by atoms with Crippen LogP contribution in [-0.2, 0) is 4.79 Å². The lowest BCUT2D eigenvalue weighted by atomic mass is 10.2.